The maximum absolute atomic E-state index is 10.6. The van der Waals surface area contributed by atoms with Crippen LogP contribution in [0.5, 0.6) is 5.75 Å². The molecule has 0 bridgehead atoms. The van der Waals surface area contributed by atoms with E-state index in [4.69, 9.17) is 19.7 Å². The first-order chi connectivity index (χ1) is 13.0. The SMILES string of the molecule is CC(C)CCCOc1ccc(CCNCCC(=O)O)cc1.O=C(O)C(F)(F)F. The lowest BCUT2D eigenvalue weighted by atomic mass is 10.1. The van der Waals surface area contributed by atoms with Gasteiger partial charge in [0.2, 0.25) is 0 Å². The minimum atomic E-state index is -5.08. The van der Waals surface area contributed by atoms with Crippen LogP contribution >= 0.6 is 0 Å². The molecule has 0 aliphatic carbocycles. The van der Waals surface area contributed by atoms with E-state index in [2.05, 4.69) is 31.3 Å². The Labute approximate surface area is 162 Å². The summed E-state index contributed by atoms with van der Waals surface area (Å²) in [6.45, 7) is 6.53. The first kappa shape index (κ1) is 25.7. The van der Waals surface area contributed by atoms with Crippen LogP contribution in [0.15, 0.2) is 24.3 Å². The molecule has 0 amide bonds. The van der Waals surface area contributed by atoms with Crippen molar-refractivity contribution in [1.29, 1.82) is 0 Å². The minimum Gasteiger partial charge on any atom is -0.494 e. The molecule has 0 spiro atoms. The molecule has 1 aromatic rings. The highest BCUT2D eigenvalue weighted by Crippen LogP contribution is 2.14. The van der Waals surface area contributed by atoms with Crippen molar-refractivity contribution in [1.82, 2.24) is 5.32 Å². The van der Waals surface area contributed by atoms with Crippen molar-refractivity contribution in [3.8, 4) is 5.75 Å². The Bertz CT molecular complexity index is 574. The number of hydrogen-bond donors (Lipinski definition) is 3. The Hall–Kier alpha value is -2.29. The fraction of sp³-hybridized carbons (Fsp3) is 0.579. The van der Waals surface area contributed by atoms with Crippen molar-refractivity contribution in [2.45, 2.75) is 45.7 Å². The second-order valence-corrected chi connectivity index (χ2v) is 6.48. The maximum atomic E-state index is 10.6. The first-order valence-electron chi connectivity index (χ1n) is 8.96. The molecular weight excluding hydrogens is 379 g/mol. The highest BCUT2D eigenvalue weighted by Gasteiger charge is 2.38. The Balaban J connectivity index is 0.000000887. The van der Waals surface area contributed by atoms with Crippen molar-refractivity contribution < 1.29 is 37.7 Å². The predicted molar refractivity (Wildman–Crippen MR) is 98.5 cm³/mol. The van der Waals surface area contributed by atoms with Crippen LogP contribution in [0.3, 0.4) is 0 Å². The summed E-state index contributed by atoms with van der Waals surface area (Å²) < 4.78 is 37.4. The standard InChI is InChI=1S/C17H27NO3.C2HF3O2/c1-14(2)4-3-13-21-16-7-5-15(6-8-16)9-11-18-12-10-17(19)20;3-2(4,5)1(6)7/h5-8,14,18H,3-4,9-13H2,1-2H3,(H,19,20);(H,6,7). The number of aliphatic carboxylic acids is 2. The topological polar surface area (TPSA) is 95.9 Å². The zero-order chi connectivity index (χ0) is 21.6. The molecule has 0 saturated heterocycles. The van der Waals surface area contributed by atoms with Crippen molar-refractivity contribution in [2.24, 2.45) is 5.92 Å². The van der Waals surface area contributed by atoms with Crippen LogP contribution in [0, 0.1) is 5.92 Å². The van der Waals surface area contributed by atoms with E-state index in [-0.39, 0.29) is 6.42 Å². The van der Waals surface area contributed by atoms with E-state index in [1.54, 1.807) is 0 Å². The molecule has 1 aromatic carbocycles. The average molecular weight is 407 g/mol. The number of rotatable bonds is 11. The Morgan fingerprint density at radius 3 is 2.14 bits per heavy atom. The predicted octanol–water partition coefficient (Wildman–Crippen LogP) is 3.74. The number of ether oxygens (including phenoxy) is 1. The van der Waals surface area contributed by atoms with E-state index in [1.165, 1.54) is 12.0 Å². The molecule has 0 aliphatic rings. The van der Waals surface area contributed by atoms with Gasteiger partial charge in [0, 0.05) is 6.54 Å². The largest absolute Gasteiger partial charge is 0.494 e. The van der Waals surface area contributed by atoms with Crippen LogP contribution in [-0.4, -0.2) is 48.0 Å². The van der Waals surface area contributed by atoms with Crippen LogP contribution < -0.4 is 10.1 Å². The van der Waals surface area contributed by atoms with E-state index in [0.717, 1.165) is 37.7 Å². The molecule has 6 nitrogen and oxygen atoms in total. The van der Waals surface area contributed by atoms with Gasteiger partial charge < -0.3 is 20.3 Å². The molecule has 0 aromatic heterocycles. The summed E-state index contributed by atoms with van der Waals surface area (Å²) in [5.74, 6) is -1.88. The fourth-order valence-electron chi connectivity index (χ4n) is 1.99. The van der Waals surface area contributed by atoms with Crippen molar-refractivity contribution >= 4 is 11.9 Å². The Morgan fingerprint density at radius 1 is 1.11 bits per heavy atom. The summed E-state index contributed by atoms with van der Waals surface area (Å²) in [6, 6.07) is 8.14. The quantitative estimate of drug-likeness (QED) is 0.484. The van der Waals surface area contributed by atoms with Crippen LogP contribution in [0.25, 0.3) is 0 Å². The van der Waals surface area contributed by atoms with E-state index >= 15 is 0 Å². The number of carboxylic acid groups (broad SMARTS) is 2. The number of alkyl halides is 3. The van der Waals surface area contributed by atoms with Crippen molar-refractivity contribution in [2.75, 3.05) is 19.7 Å². The highest BCUT2D eigenvalue weighted by molar-refractivity contribution is 5.73. The van der Waals surface area contributed by atoms with Gasteiger partial charge in [0.25, 0.3) is 0 Å². The smallest absolute Gasteiger partial charge is 0.490 e. The third-order valence-electron chi connectivity index (χ3n) is 3.47. The van der Waals surface area contributed by atoms with Gasteiger partial charge in [0.05, 0.1) is 13.0 Å². The number of benzene rings is 1. The Morgan fingerprint density at radius 2 is 1.68 bits per heavy atom. The third-order valence-corrected chi connectivity index (χ3v) is 3.47. The molecule has 0 radical (unpaired) electrons. The monoisotopic (exact) mass is 407 g/mol. The van der Waals surface area contributed by atoms with Gasteiger partial charge in [0.1, 0.15) is 5.75 Å². The number of halogens is 3. The molecule has 160 valence electrons. The summed E-state index contributed by atoms with van der Waals surface area (Å²) in [5.41, 5.74) is 1.23. The summed E-state index contributed by atoms with van der Waals surface area (Å²) in [6.07, 6.45) is -1.73. The molecule has 9 heteroatoms. The second kappa shape index (κ2) is 13.8. The molecule has 0 aliphatic heterocycles. The van der Waals surface area contributed by atoms with Gasteiger partial charge in [-0.15, -0.1) is 0 Å². The van der Waals surface area contributed by atoms with Crippen molar-refractivity contribution in [3.63, 3.8) is 0 Å². The minimum absolute atomic E-state index is 0.170. The molecule has 0 atom stereocenters. The Kier molecular flexibility index (Phi) is 12.7. The second-order valence-electron chi connectivity index (χ2n) is 6.48. The van der Waals surface area contributed by atoms with E-state index in [1.807, 2.05) is 12.1 Å². The normalized spacial score (nSPS) is 10.9. The number of carboxylic acids is 2. The van der Waals surface area contributed by atoms with Gasteiger partial charge in [-0.05, 0) is 49.4 Å². The fourth-order valence-corrected chi connectivity index (χ4v) is 1.99. The molecule has 0 saturated carbocycles. The van der Waals surface area contributed by atoms with Crippen LogP contribution in [0.1, 0.15) is 38.7 Å². The van der Waals surface area contributed by atoms with Gasteiger partial charge in [-0.3, -0.25) is 4.79 Å². The van der Waals surface area contributed by atoms with Gasteiger partial charge >= 0.3 is 18.1 Å². The lowest BCUT2D eigenvalue weighted by Crippen LogP contribution is -2.21. The van der Waals surface area contributed by atoms with Crippen LogP contribution in [0.4, 0.5) is 13.2 Å². The summed E-state index contributed by atoms with van der Waals surface area (Å²) in [4.78, 5) is 19.3. The zero-order valence-electron chi connectivity index (χ0n) is 16.1. The molecule has 28 heavy (non-hydrogen) atoms. The molecule has 0 unspecified atom stereocenters. The molecule has 1 rings (SSSR count). The van der Waals surface area contributed by atoms with E-state index < -0.39 is 18.1 Å². The number of carbonyl (C=O) groups is 2. The average Bonchev–Trinajstić information content (AvgIpc) is 2.59. The van der Waals surface area contributed by atoms with Gasteiger partial charge in [-0.25, -0.2) is 4.79 Å². The highest BCUT2D eigenvalue weighted by atomic mass is 19.4. The van der Waals surface area contributed by atoms with Gasteiger partial charge in [-0.1, -0.05) is 26.0 Å². The van der Waals surface area contributed by atoms with Crippen molar-refractivity contribution in [3.05, 3.63) is 29.8 Å². The molecule has 0 heterocycles. The lowest BCUT2D eigenvalue weighted by Gasteiger charge is -2.08. The third kappa shape index (κ3) is 14.8. The summed E-state index contributed by atoms with van der Waals surface area (Å²) in [5, 5.41) is 18.8. The zero-order valence-corrected chi connectivity index (χ0v) is 16.1. The molecule has 3 N–H and O–H groups in total. The number of nitrogens with one attached hydrogen (secondary N) is 1. The molecule has 0 fully saturated rings. The van der Waals surface area contributed by atoms with Crippen LogP contribution in [0.2, 0.25) is 0 Å². The van der Waals surface area contributed by atoms with E-state index in [0.29, 0.717) is 6.54 Å². The first-order valence-corrected chi connectivity index (χ1v) is 8.96. The summed E-state index contributed by atoms with van der Waals surface area (Å²) >= 11 is 0. The van der Waals surface area contributed by atoms with Gasteiger partial charge in [-0.2, -0.15) is 13.2 Å². The maximum Gasteiger partial charge on any atom is 0.490 e. The van der Waals surface area contributed by atoms with E-state index in [9.17, 15) is 18.0 Å². The molecular formula is C19H28F3NO5. The number of hydrogen-bond acceptors (Lipinski definition) is 4. The van der Waals surface area contributed by atoms with Crippen LogP contribution in [-0.2, 0) is 16.0 Å². The summed E-state index contributed by atoms with van der Waals surface area (Å²) in [7, 11) is 0. The van der Waals surface area contributed by atoms with Gasteiger partial charge in [0.15, 0.2) is 0 Å². The lowest BCUT2D eigenvalue weighted by molar-refractivity contribution is -0.192.